The van der Waals surface area contributed by atoms with Gasteiger partial charge in [0.2, 0.25) is 5.75 Å². The van der Waals surface area contributed by atoms with Crippen LogP contribution in [0.3, 0.4) is 0 Å². The topological polar surface area (TPSA) is 102 Å². The zero-order chi connectivity index (χ0) is 18.6. The van der Waals surface area contributed by atoms with E-state index < -0.39 is 11.4 Å². The number of carbonyl (C=O) groups excluding carboxylic acids is 1. The molecule has 7 nitrogen and oxygen atoms in total. The molecule has 0 aromatic heterocycles. The quantitative estimate of drug-likeness (QED) is 0.621. The predicted octanol–water partition coefficient (Wildman–Crippen LogP) is 2.54. The first-order valence-corrected chi connectivity index (χ1v) is 8.59. The summed E-state index contributed by atoms with van der Waals surface area (Å²) in [4.78, 5) is 13.9. The molecule has 0 radical (unpaired) electrons. The highest BCUT2D eigenvalue weighted by Gasteiger charge is 2.27. The minimum Gasteiger partial charge on any atom is -0.504 e. The van der Waals surface area contributed by atoms with E-state index in [-0.39, 0.29) is 17.6 Å². The predicted molar refractivity (Wildman–Crippen MR) is 93.7 cm³/mol. The summed E-state index contributed by atoms with van der Waals surface area (Å²) >= 11 is 0. The molecule has 1 aromatic rings. The molecular formula is C18H28N2O5. The van der Waals surface area contributed by atoms with Crippen molar-refractivity contribution in [2.24, 2.45) is 5.92 Å². The number of phenolic OH excluding ortho intramolecular Hbond substituents is 3. The van der Waals surface area contributed by atoms with Crippen LogP contribution in [0, 0.1) is 5.92 Å². The van der Waals surface area contributed by atoms with E-state index >= 15 is 0 Å². The molecule has 140 valence electrons. The Hall–Kier alpha value is -2.15. The van der Waals surface area contributed by atoms with Gasteiger partial charge in [-0.2, -0.15) is 0 Å². The second kappa shape index (κ2) is 7.82. The third-order valence-corrected chi connectivity index (χ3v) is 4.13. The molecular weight excluding hydrogens is 324 g/mol. The van der Waals surface area contributed by atoms with Gasteiger partial charge in [-0.1, -0.05) is 6.07 Å². The second-order valence-corrected chi connectivity index (χ2v) is 7.51. The van der Waals surface area contributed by atoms with Gasteiger partial charge in [0.25, 0.3) is 0 Å². The van der Waals surface area contributed by atoms with Crippen molar-refractivity contribution in [2.75, 3.05) is 19.6 Å². The Bertz CT molecular complexity index is 612. The maximum absolute atomic E-state index is 12.2. The van der Waals surface area contributed by atoms with E-state index in [2.05, 4.69) is 5.32 Å². The van der Waals surface area contributed by atoms with Crippen LogP contribution < -0.4 is 5.32 Å². The molecule has 1 fully saturated rings. The average Bonchev–Trinajstić information content (AvgIpc) is 2.53. The minimum atomic E-state index is -0.506. The van der Waals surface area contributed by atoms with Crippen LogP contribution in [-0.4, -0.2) is 51.5 Å². The van der Waals surface area contributed by atoms with E-state index in [1.165, 1.54) is 6.07 Å². The molecule has 1 unspecified atom stereocenters. The number of piperidine rings is 1. The van der Waals surface area contributed by atoms with Gasteiger partial charge in [-0.05, 0) is 52.1 Å². The molecule has 1 heterocycles. The number of likely N-dealkylation sites (tertiary alicyclic amines) is 1. The van der Waals surface area contributed by atoms with Crippen LogP contribution in [0.25, 0.3) is 0 Å². The van der Waals surface area contributed by atoms with E-state index in [1.807, 2.05) is 20.8 Å². The lowest BCUT2D eigenvalue weighted by Gasteiger charge is -2.34. The monoisotopic (exact) mass is 352 g/mol. The van der Waals surface area contributed by atoms with Gasteiger partial charge in [-0.3, -0.25) is 0 Å². The molecule has 0 saturated carbocycles. The molecule has 1 saturated heterocycles. The summed E-state index contributed by atoms with van der Waals surface area (Å²) in [6, 6.07) is 2.90. The SMILES string of the molecule is CC(C)(C)OC(=O)N1CCCC(CNCc2ccc(O)c(O)c2O)C1. The smallest absolute Gasteiger partial charge is 0.410 e. The molecule has 0 aliphatic carbocycles. The average molecular weight is 352 g/mol. The summed E-state index contributed by atoms with van der Waals surface area (Å²) in [5.41, 5.74) is 0.0100. The van der Waals surface area contributed by atoms with Gasteiger partial charge in [-0.25, -0.2) is 4.79 Å². The summed E-state index contributed by atoms with van der Waals surface area (Å²) in [6.07, 6.45) is 1.66. The molecule has 0 spiro atoms. The number of nitrogens with one attached hydrogen (secondary N) is 1. The number of carbonyl (C=O) groups is 1. The van der Waals surface area contributed by atoms with Gasteiger partial charge in [0.1, 0.15) is 5.60 Å². The number of rotatable bonds is 4. The molecule has 1 aromatic carbocycles. The van der Waals surface area contributed by atoms with Gasteiger partial charge in [0.15, 0.2) is 11.5 Å². The zero-order valence-corrected chi connectivity index (χ0v) is 15.1. The lowest BCUT2D eigenvalue weighted by molar-refractivity contribution is 0.0166. The number of aromatic hydroxyl groups is 3. The summed E-state index contributed by atoms with van der Waals surface area (Å²) < 4.78 is 5.42. The first kappa shape index (κ1) is 19.2. The molecule has 0 bridgehead atoms. The van der Waals surface area contributed by atoms with E-state index in [0.717, 1.165) is 12.8 Å². The Morgan fingerprint density at radius 1 is 1.28 bits per heavy atom. The van der Waals surface area contributed by atoms with E-state index in [9.17, 15) is 20.1 Å². The number of hydrogen-bond donors (Lipinski definition) is 4. The summed E-state index contributed by atoms with van der Waals surface area (Å²) in [5, 5.41) is 31.9. The first-order chi connectivity index (χ1) is 11.7. The van der Waals surface area contributed by atoms with Crippen molar-refractivity contribution in [3.63, 3.8) is 0 Å². The van der Waals surface area contributed by atoms with Crippen LogP contribution >= 0.6 is 0 Å². The van der Waals surface area contributed by atoms with E-state index in [4.69, 9.17) is 4.74 Å². The van der Waals surface area contributed by atoms with Crippen molar-refractivity contribution in [3.05, 3.63) is 17.7 Å². The maximum Gasteiger partial charge on any atom is 0.410 e. The number of amides is 1. The third-order valence-electron chi connectivity index (χ3n) is 4.13. The van der Waals surface area contributed by atoms with Gasteiger partial charge in [0, 0.05) is 25.2 Å². The molecule has 7 heteroatoms. The number of benzene rings is 1. The van der Waals surface area contributed by atoms with Gasteiger partial charge < -0.3 is 30.3 Å². The van der Waals surface area contributed by atoms with Crippen molar-refractivity contribution in [3.8, 4) is 17.2 Å². The standard InChI is InChI=1S/C18H28N2O5/c1-18(2,3)25-17(24)20-8-4-5-12(11-20)9-19-10-13-6-7-14(21)16(23)15(13)22/h6-7,12,19,21-23H,4-5,8-11H2,1-3H3. The van der Waals surface area contributed by atoms with Crippen LogP contribution in [0.2, 0.25) is 0 Å². The first-order valence-electron chi connectivity index (χ1n) is 8.59. The van der Waals surface area contributed by atoms with Gasteiger partial charge >= 0.3 is 6.09 Å². The van der Waals surface area contributed by atoms with Crippen molar-refractivity contribution in [2.45, 2.75) is 45.8 Å². The van der Waals surface area contributed by atoms with E-state index in [0.29, 0.717) is 37.7 Å². The number of phenols is 3. The fourth-order valence-corrected chi connectivity index (χ4v) is 2.89. The molecule has 1 amide bonds. The molecule has 1 atom stereocenters. The van der Waals surface area contributed by atoms with Crippen molar-refractivity contribution >= 4 is 6.09 Å². The van der Waals surface area contributed by atoms with Crippen LogP contribution in [0.4, 0.5) is 4.79 Å². The molecule has 1 aliphatic heterocycles. The summed E-state index contributed by atoms with van der Waals surface area (Å²) in [5.74, 6) is -0.866. The lowest BCUT2D eigenvalue weighted by Crippen LogP contribution is -2.45. The highest BCUT2D eigenvalue weighted by Crippen LogP contribution is 2.36. The van der Waals surface area contributed by atoms with Crippen molar-refractivity contribution < 1.29 is 24.9 Å². The maximum atomic E-state index is 12.2. The van der Waals surface area contributed by atoms with Crippen LogP contribution in [-0.2, 0) is 11.3 Å². The largest absolute Gasteiger partial charge is 0.504 e. The molecule has 4 N–H and O–H groups in total. The third kappa shape index (κ3) is 5.42. The Morgan fingerprint density at radius 3 is 2.68 bits per heavy atom. The Labute approximate surface area is 148 Å². The second-order valence-electron chi connectivity index (χ2n) is 7.51. The molecule has 1 aliphatic rings. The van der Waals surface area contributed by atoms with Crippen LogP contribution in [0.15, 0.2) is 12.1 Å². The normalized spacial score (nSPS) is 18.2. The molecule has 2 rings (SSSR count). The van der Waals surface area contributed by atoms with Gasteiger partial charge in [0.05, 0.1) is 0 Å². The Kier molecular flexibility index (Phi) is 6.00. The fourth-order valence-electron chi connectivity index (χ4n) is 2.89. The number of ether oxygens (including phenoxy) is 1. The number of nitrogens with zero attached hydrogens (tertiary/aromatic N) is 1. The molecule has 25 heavy (non-hydrogen) atoms. The lowest BCUT2D eigenvalue weighted by atomic mass is 9.98. The van der Waals surface area contributed by atoms with Gasteiger partial charge in [-0.15, -0.1) is 0 Å². The Morgan fingerprint density at radius 2 is 2.00 bits per heavy atom. The van der Waals surface area contributed by atoms with Crippen molar-refractivity contribution in [1.82, 2.24) is 10.2 Å². The zero-order valence-electron chi connectivity index (χ0n) is 15.1. The summed E-state index contributed by atoms with van der Waals surface area (Å²) in [7, 11) is 0. The van der Waals surface area contributed by atoms with Crippen LogP contribution in [0.1, 0.15) is 39.2 Å². The van der Waals surface area contributed by atoms with E-state index in [1.54, 1.807) is 11.0 Å². The highest BCUT2D eigenvalue weighted by atomic mass is 16.6. The van der Waals surface area contributed by atoms with Crippen molar-refractivity contribution in [1.29, 1.82) is 0 Å². The fraction of sp³-hybridized carbons (Fsp3) is 0.611. The summed E-state index contributed by atoms with van der Waals surface area (Å²) in [6.45, 7) is 7.95. The Balaban J connectivity index is 1.83. The highest BCUT2D eigenvalue weighted by molar-refractivity contribution is 5.68. The number of hydrogen-bond acceptors (Lipinski definition) is 6. The van der Waals surface area contributed by atoms with Crippen LogP contribution in [0.5, 0.6) is 17.2 Å². The minimum absolute atomic E-state index is 0.279.